The van der Waals surface area contributed by atoms with Crippen LogP contribution in [0.15, 0.2) is 53.4 Å². The third kappa shape index (κ3) is 3.61. The van der Waals surface area contributed by atoms with Crippen LogP contribution in [0, 0.1) is 11.3 Å². The Kier molecular flexibility index (Phi) is 4.63. The highest BCUT2D eigenvalue weighted by Gasteiger charge is 2.21. The maximum Gasteiger partial charge on any atom is 0.242 e. The normalized spacial score (nSPS) is 12.6. The largest absolute Gasteiger partial charge is 0.242 e. The topological polar surface area (TPSA) is 70.0 Å². The van der Waals surface area contributed by atoms with Crippen LogP contribution < -0.4 is 4.72 Å². The molecule has 6 heteroatoms. The molecular formula is C15H13ClN2O2S. The first-order valence-electron chi connectivity index (χ1n) is 6.21. The fourth-order valence-electron chi connectivity index (χ4n) is 1.89. The van der Waals surface area contributed by atoms with Crippen molar-refractivity contribution < 1.29 is 8.42 Å². The van der Waals surface area contributed by atoms with E-state index in [1.165, 1.54) is 18.2 Å². The minimum Gasteiger partial charge on any atom is -0.207 e. The van der Waals surface area contributed by atoms with Crippen molar-refractivity contribution in [2.24, 2.45) is 0 Å². The predicted octanol–water partition coefficient (Wildman–Crippen LogP) is 3.25. The number of nitrogens with one attached hydrogen (secondary N) is 1. The highest BCUT2D eigenvalue weighted by atomic mass is 35.5. The van der Waals surface area contributed by atoms with Gasteiger partial charge in [0.15, 0.2) is 0 Å². The molecule has 108 valence electrons. The molecule has 0 heterocycles. The van der Waals surface area contributed by atoms with Crippen molar-refractivity contribution in [3.63, 3.8) is 0 Å². The third-order valence-corrected chi connectivity index (χ3v) is 5.01. The van der Waals surface area contributed by atoms with Crippen molar-refractivity contribution in [3.8, 4) is 6.07 Å². The van der Waals surface area contributed by atoms with Crippen LogP contribution in [0.3, 0.4) is 0 Å². The van der Waals surface area contributed by atoms with Gasteiger partial charge in [-0.05, 0) is 30.7 Å². The van der Waals surface area contributed by atoms with Crippen LogP contribution in [0.2, 0.25) is 5.02 Å². The van der Waals surface area contributed by atoms with Gasteiger partial charge >= 0.3 is 0 Å². The van der Waals surface area contributed by atoms with Gasteiger partial charge in [-0.25, -0.2) is 13.1 Å². The maximum absolute atomic E-state index is 12.4. The van der Waals surface area contributed by atoms with Crippen molar-refractivity contribution in [3.05, 3.63) is 64.7 Å². The zero-order chi connectivity index (χ0) is 15.5. The molecule has 0 saturated heterocycles. The molecule has 1 atom stereocenters. The van der Waals surface area contributed by atoms with Gasteiger partial charge in [0.05, 0.1) is 16.7 Å². The number of hydrogen-bond acceptors (Lipinski definition) is 3. The van der Waals surface area contributed by atoms with Crippen LogP contribution in [0.25, 0.3) is 0 Å². The Morgan fingerprint density at radius 3 is 2.43 bits per heavy atom. The van der Waals surface area contributed by atoms with Crippen LogP contribution in [0.5, 0.6) is 0 Å². The summed E-state index contributed by atoms with van der Waals surface area (Å²) in [5.74, 6) is 0. The minimum absolute atomic E-state index is 0.0295. The van der Waals surface area contributed by atoms with E-state index in [-0.39, 0.29) is 16.0 Å². The number of sulfonamides is 1. The number of nitriles is 1. The summed E-state index contributed by atoms with van der Waals surface area (Å²) in [6, 6.07) is 14.9. The zero-order valence-corrected chi connectivity index (χ0v) is 12.8. The first kappa shape index (κ1) is 15.5. The zero-order valence-electron chi connectivity index (χ0n) is 11.2. The molecule has 0 aliphatic carbocycles. The Hall–Kier alpha value is -1.87. The summed E-state index contributed by atoms with van der Waals surface area (Å²) >= 11 is 5.95. The smallest absolute Gasteiger partial charge is 0.207 e. The molecule has 0 fully saturated rings. The van der Waals surface area contributed by atoms with Gasteiger partial charge in [-0.3, -0.25) is 0 Å². The van der Waals surface area contributed by atoms with E-state index in [0.29, 0.717) is 5.56 Å². The predicted molar refractivity (Wildman–Crippen MR) is 81.3 cm³/mol. The molecule has 0 aliphatic rings. The van der Waals surface area contributed by atoms with Gasteiger partial charge < -0.3 is 0 Å². The lowest BCUT2D eigenvalue weighted by Gasteiger charge is -2.15. The van der Waals surface area contributed by atoms with Crippen molar-refractivity contribution in [1.82, 2.24) is 4.72 Å². The summed E-state index contributed by atoms with van der Waals surface area (Å²) in [7, 11) is -3.75. The number of rotatable bonds is 4. The molecule has 0 aromatic heterocycles. The molecule has 2 aromatic rings. The number of hydrogen-bond donors (Lipinski definition) is 1. The molecule has 0 unspecified atom stereocenters. The second kappa shape index (κ2) is 6.27. The molecule has 0 spiro atoms. The van der Waals surface area contributed by atoms with Crippen LogP contribution in [0.1, 0.15) is 24.1 Å². The van der Waals surface area contributed by atoms with Gasteiger partial charge in [0.25, 0.3) is 0 Å². The third-order valence-electron chi connectivity index (χ3n) is 2.98. The second-order valence-electron chi connectivity index (χ2n) is 4.51. The van der Waals surface area contributed by atoms with E-state index in [1.807, 2.05) is 36.4 Å². The SMILES string of the molecule is C[C@@H](NS(=O)(=O)c1ccc(C#N)cc1Cl)c1ccccc1. The van der Waals surface area contributed by atoms with Gasteiger partial charge in [-0.1, -0.05) is 41.9 Å². The Bertz CT molecular complexity index is 783. The van der Waals surface area contributed by atoms with Gasteiger partial charge in [-0.15, -0.1) is 0 Å². The number of halogens is 1. The molecule has 2 aromatic carbocycles. The van der Waals surface area contributed by atoms with E-state index in [4.69, 9.17) is 16.9 Å². The van der Waals surface area contributed by atoms with E-state index in [2.05, 4.69) is 4.72 Å². The molecule has 0 amide bonds. The van der Waals surface area contributed by atoms with E-state index in [0.717, 1.165) is 5.56 Å². The summed E-state index contributed by atoms with van der Waals surface area (Å²) in [5.41, 5.74) is 1.17. The van der Waals surface area contributed by atoms with Crippen LogP contribution in [-0.4, -0.2) is 8.42 Å². The van der Waals surface area contributed by atoms with Crippen molar-refractivity contribution in [2.45, 2.75) is 17.9 Å². The molecule has 0 saturated carbocycles. The van der Waals surface area contributed by atoms with E-state index in [1.54, 1.807) is 6.92 Å². The van der Waals surface area contributed by atoms with Crippen LogP contribution in [0.4, 0.5) is 0 Å². The maximum atomic E-state index is 12.4. The Morgan fingerprint density at radius 1 is 1.19 bits per heavy atom. The molecular weight excluding hydrogens is 308 g/mol. The average Bonchev–Trinajstić information content (AvgIpc) is 2.47. The quantitative estimate of drug-likeness (QED) is 0.940. The Morgan fingerprint density at radius 2 is 1.86 bits per heavy atom. The second-order valence-corrected chi connectivity index (χ2v) is 6.60. The van der Waals surface area contributed by atoms with Crippen molar-refractivity contribution in [1.29, 1.82) is 5.26 Å². The molecule has 21 heavy (non-hydrogen) atoms. The summed E-state index contributed by atoms with van der Waals surface area (Å²) in [4.78, 5) is -0.0362. The molecule has 0 bridgehead atoms. The highest BCUT2D eigenvalue weighted by molar-refractivity contribution is 7.89. The molecule has 0 aliphatic heterocycles. The fourth-order valence-corrected chi connectivity index (χ4v) is 3.67. The molecule has 4 nitrogen and oxygen atoms in total. The first-order valence-corrected chi connectivity index (χ1v) is 8.07. The highest BCUT2D eigenvalue weighted by Crippen LogP contribution is 2.24. The lowest BCUT2D eigenvalue weighted by atomic mass is 10.1. The average molecular weight is 321 g/mol. The van der Waals surface area contributed by atoms with Crippen molar-refractivity contribution in [2.75, 3.05) is 0 Å². The van der Waals surface area contributed by atoms with E-state index >= 15 is 0 Å². The lowest BCUT2D eigenvalue weighted by Crippen LogP contribution is -2.27. The van der Waals surface area contributed by atoms with Gasteiger partial charge in [0.2, 0.25) is 10.0 Å². The van der Waals surface area contributed by atoms with Gasteiger partial charge in [-0.2, -0.15) is 5.26 Å². The first-order chi connectivity index (χ1) is 9.94. The Labute approximate surface area is 129 Å². The lowest BCUT2D eigenvalue weighted by molar-refractivity contribution is 0.567. The van der Waals surface area contributed by atoms with Crippen LogP contribution >= 0.6 is 11.6 Å². The molecule has 1 N–H and O–H groups in total. The van der Waals surface area contributed by atoms with E-state index in [9.17, 15) is 8.42 Å². The summed E-state index contributed by atoms with van der Waals surface area (Å²) in [5, 5.41) is 8.81. The van der Waals surface area contributed by atoms with E-state index < -0.39 is 10.0 Å². The Balaban J connectivity index is 2.29. The number of benzene rings is 2. The fraction of sp³-hybridized carbons (Fsp3) is 0.133. The summed E-state index contributed by atoms with van der Waals surface area (Å²) in [6.45, 7) is 1.75. The molecule has 2 rings (SSSR count). The van der Waals surface area contributed by atoms with Crippen LogP contribution in [-0.2, 0) is 10.0 Å². The van der Waals surface area contributed by atoms with Gasteiger partial charge in [0, 0.05) is 6.04 Å². The van der Waals surface area contributed by atoms with Crippen molar-refractivity contribution >= 4 is 21.6 Å². The monoisotopic (exact) mass is 320 g/mol. The van der Waals surface area contributed by atoms with Gasteiger partial charge in [0.1, 0.15) is 4.90 Å². The summed E-state index contributed by atoms with van der Waals surface area (Å²) in [6.07, 6.45) is 0. The minimum atomic E-state index is -3.75. The molecule has 0 radical (unpaired) electrons. The summed E-state index contributed by atoms with van der Waals surface area (Å²) < 4.78 is 27.3. The standard InChI is InChI=1S/C15H13ClN2O2S/c1-11(13-5-3-2-4-6-13)18-21(19,20)15-8-7-12(10-17)9-14(15)16/h2-9,11,18H,1H3/t11-/m1/s1. The number of nitrogens with zero attached hydrogens (tertiary/aromatic N) is 1.